The molecule has 5 nitrogen and oxygen atoms in total. The molecule has 1 aliphatic heterocycles. The van der Waals surface area contributed by atoms with E-state index in [0.29, 0.717) is 12.8 Å². The van der Waals surface area contributed by atoms with Crippen molar-refractivity contribution in [3.05, 3.63) is 47.5 Å². The number of aryl methyl sites for hydroxylation is 1. The molecule has 146 valence electrons. The summed E-state index contributed by atoms with van der Waals surface area (Å²) in [5, 5.41) is 14.2. The molecule has 0 aliphatic carbocycles. The van der Waals surface area contributed by atoms with Crippen LogP contribution in [0.25, 0.3) is 5.69 Å². The molecule has 1 fully saturated rings. The van der Waals surface area contributed by atoms with Crippen LogP contribution < -0.4 is 0 Å². The molecule has 1 aliphatic rings. The summed E-state index contributed by atoms with van der Waals surface area (Å²) in [5.74, 6) is -1.20. The first-order valence-electron chi connectivity index (χ1n) is 8.82. The molecule has 0 saturated carbocycles. The van der Waals surface area contributed by atoms with E-state index in [1.807, 2.05) is 13.0 Å². The molecule has 27 heavy (non-hydrogen) atoms. The summed E-state index contributed by atoms with van der Waals surface area (Å²) in [7, 11) is 0. The Bertz CT molecular complexity index is 810. The van der Waals surface area contributed by atoms with Crippen molar-refractivity contribution in [2.75, 3.05) is 13.1 Å². The van der Waals surface area contributed by atoms with Gasteiger partial charge in [0.15, 0.2) is 0 Å². The number of hydrogen-bond acceptors (Lipinski definition) is 3. The number of carbonyl (C=O) groups excluding carboxylic acids is 1. The summed E-state index contributed by atoms with van der Waals surface area (Å²) < 4.78 is 40.7. The first-order chi connectivity index (χ1) is 12.7. The van der Waals surface area contributed by atoms with Crippen LogP contribution in [0.1, 0.15) is 37.1 Å². The average Bonchev–Trinajstić information content (AvgIpc) is 3.03. The van der Waals surface area contributed by atoms with Gasteiger partial charge in [0.05, 0.1) is 11.4 Å². The fourth-order valence-corrected chi connectivity index (χ4v) is 3.39. The molecule has 0 spiro atoms. The van der Waals surface area contributed by atoms with Crippen molar-refractivity contribution in [2.24, 2.45) is 0 Å². The third-order valence-corrected chi connectivity index (χ3v) is 4.99. The monoisotopic (exact) mass is 381 g/mol. The average molecular weight is 381 g/mol. The normalized spacial score (nSPS) is 18.0. The molecule has 2 aromatic rings. The summed E-state index contributed by atoms with van der Waals surface area (Å²) in [6.07, 6.45) is -2.00. The van der Waals surface area contributed by atoms with Gasteiger partial charge in [-0.3, -0.25) is 4.79 Å². The topological polar surface area (TPSA) is 58.4 Å². The number of hydrogen-bond donors (Lipinski definition) is 1. The molecular formula is C19H22F3N3O2. The number of piperidine rings is 1. The number of aliphatic hydroxyl groups is 1. The summed E-state index contributed by atoms with van der Waals surface area (Å²) in [5.41, 5.74) is -0.182. The lowest BCUT2D eigenvalue weighted by molar-refractivity contribution is -0.166. The van der Waals surface area contributed by atoms with Crippen molar-refractivity contribution in [3.63, 3.8) is 0 Å². The largest absolute Gasteiger partial charge is 0.375 e. The highest BCUT2D eigenvalue weighted by molar-refractivity contribution is 5.85. The van der Waals surface area contributed by atoms with E-state index in [4.69, 9.17) is 0 Å². The van der Waals surface area contributed by atoms with Crippen molar-refractivity contribution >= 4 is 5.91 Å². The Morgan fingerprint density at radius 3 is 2.41 bits per heavy atom. The van der Waals surface area contributed by atoms with E-state index in [1.54, 1.807) is 16.8 Å². The highest BCUT2D eigenvalue weighted by atomic mass is 19.3. The van der Waals surface area contributed by atoms with E-state index in [-0.39, 0.29) is 24.8 Å². The van der Waals surface area contributed by atoms with E-state index in [0.717, 1.165) is 24.0 Å². The molecule has 2 heterocycles. The van der Waals surface area contributed by atoms with Crippen molar-refractivity contribution in [1.82, 2.24) is 14.7 Å². The Morgan fingerprint density at radius 2 is 1.85 bits per heavy atom. The second-order valence-corrected chi connectivity index (χ2v) is 7.11. The molecule has 0 unspecified atom stereocenters. The molecule has 0 bridgehead atoms. The third-order valence-electron chi connectivity index (χ3n) is 4.99. The fourth-order valence-electron chi connectivity index (χ4n) is 3.39. The lowest BCUT2D eigenvalue weighted by Gasteiger charge is -2.36. The molecule has 1 aromatic heterocycles. The van der Waals surface area contributed by atoms with Gasteiger partial charge in [0.1, 0.15) is 5.82 Å². The highest BCUT2D eigenvalue weighted by Gasteiger charge is 2.44. The summed E-state index contributed by atoms with van der Waals surface area (Å²) in [4.78, 5) is 13.5. The number of carbonyl (C=O) groups is 1. The second-order valence-electron chi connectivity index (χ2n) is 7.11. The Kier molecular flexibility index (Phi) is 5.28. The summed E-state index contributed by atoms with van der Waals surface area (Å²) in [6, 6.07) is 7.96. The fraction of sp³-hybridized carbons (Fsp3) is 0.474. The number of rotatable bonds is 4. The van der Waals surface area contributed by atoms with Crippen LogP contribution in [0.15, 0.2) is 30.3 Å². The van der Waals surface area contributed by atoms with Gasteiger partial charge in [0.25, 0.3) is 12.3 Å². The number of aromatic nitrogens is 2. The van der Waals surface area contributed by atoms with Gasteiger partial charge in [-0.1, -0.05) is 0 Å². The predicted octanol–water partition coefficient (Wildman–Crippen LogP) is 3.04. The minimum absolute atomic E-state index is 0.0804. The maximum atomic E-state index is 13.2. The van der Waals surface area contributed by atoms with Gasteiger partial charge in [0.2, 0.25) is 5.60 Å². The zero-order chi connectivity index (χ0) is 19.8. The summed E-state index contributed by atoms with van der Waals surface area (Å²) >= 11 is 0. The first-order valence-corrected chi connectivity index (χ1v) is 8.82. The zero-order valence-corrected chi connectivity index (χ0v) is 15.2. The molecule has 1 N–H and O–H groups in total. The van der Waals surface area contributed by atoms with Gasteiger partial charge < -0.3 is 10.0 Å². The third kappa shape index (κ3) is 3.85. The number of benzene rings is 1. The van der Waals surface area contributed by atoms with E-state index in [2.05, 4.69) is 5.10 Å². The lowest BCUT2D eigenvalue weighted by Crippen LogP contribution is -2.53. The van der Waals surface area contributed by atoms with Crippen molar-refractivity contribution < 1.29 is 23.1 Å². The lowest BCUT2D eigenvalue weighted by atomic mass is 9.92. The van der Waals surface area contributed by atoms with E-state index < -0.39 is 17.9 Å². The highest BCUT2D eigenvalue weighted by Crippen LogP contribution is 2.31. The molecule has 8 heteroatoms. The molecule has 1 aromatic carbocycles. The van der Waals surface area contributed by atoms with Gasteiger partial charge in [-0.25, -0.2) is 17.9 Å². The summed E-state index contributed by atoms with van der Waals surface area (Å²) in [6.45, 7) is 3.26. The number of likely N-dealkylation sites (tertiary alicyclic amines) is 1. The van der Waals surface area contributed by atoms with Gasteiger partial charge in [-0.15, -0.1) is 0 Å². The Morgan fingerprint density at radius 1 is 1.26 bits per heavy atom. The molecule has 3 rings (SSSR count). The Hall–Kier alpha value is -2.35. The van der Waals surface area contributed by atoms with Crippen LogP contribution in [0.5, 0.6) is 0 Å². The maximum Gasteiger partial charge on any atom is 0.275 e. The molecule has 1 atom stereocenters. The maximum absolute atomic E-state index is 13.2. The first kappa shape index (κ1) is 19.4. The molecule has 1 amide bonds. The number of alkyl halides is 2. The van der Waals surface area contributed by atoms with Crippen LogP contribution >= 0.6 is 0 Å². The van der Waals surface area contributed by atoms with E-state index in [1.165, 1.54) is 17.0 Å². The molecule has 0 radical (unpaired) electrons. The van der Waals surface area contributed by atoms with Crippen molar-refractivity contribution in [1.29, 1.82) is 0 Å². The van der Waals surface area contributed by atoms with Crippen LogP contribution in [-0.2, 0) is 4.79 Å². The van der Waals surface area contributed by atoms with Gasteiger partial charge in [-0.2, -0.15) is 5.10 Å². The van der Waals surface area contributed by atoms with Gasteiger partial charge in [0, 0.05) is 24.7 Å². The Labute approximate surface area is 155 Å². The molecular weight excluding hydrogens is 359 g/mol. The minimum atomic E-state index is -3.13. The standard InChI is InChI=1S/C19H22F3N3O2/c1-12-11-16(25(23-12)15-5-3-14(20)4-6-15)13-7-9-24(10-8-13)18(26)19(2,27)17(21)22/h3-6,11,13,17,27H,7-10H2,1-2H3/t19-/m0/s1. The van der Waals surface area contributed by atoms with Crippen LogP contribution in [0.4, 0.5) is 13.2 Å². The minimum Gasteiger partial charge on any atom is -0.375 e. The van der Waals surface area contributed by atoms with Crippen LogP contribution in [0.3, 0.4) is 0 Å². The van der Waals surface area contributed by atoms with E-state index in [9.17, 15) is 23.1 Å². The molecule has 1 saturated heterocycles. The van der Waals surface area contributed by atoms with E-state index >= 15 is 0 Å². The van der Waals surface area contributed by atoms with Crippen LogP contribution in [0, 0.1) is 12.7 Å². The number of nitrogens with zero attached hydrogens (tertiary/aromatic N) is 3. The quantitative estimate of drug-likeness (QED) is 0.886. The number of amides is 1. The Balaban J connectivity index is 1.76. The zero-order valence-electron chi connectivity index (χ0n) is 15.2. The van der Waals surface area contributed by atoms with Gasteiger partial charge in [-0.05, 0) is 57.0 Å². The van der Waals surface area contributed by atoms with Crippen molar-refractivity contribution in [3.8, 4) is 5.69 Å². The van der Waals surface area contributed by atoms with Crippen LogP contribution in [-0.4, -0.2) is 50.8 Å². The van der Waals surface area contributed by atoms with Crippen LogP contribution in [0.2, 0.25) is 0 Å². The number of halogens is 3. The van der Waals surface area contributed by atoms with Gasteiger partial charge >= 0.3 is 0 Å². The van der Waals surface area contributed by atoms with Crippen molar-refractivity contribution in [2.45, 2.75) is 44.6 Å². The smallest absolute Gasteiger partial charge is 0.275 e. The SMILES string of the molecule is Cc1cc(C2CCN(C(=O)[C@@](C)(O)C(F)F)CC2)n(-c2ccc(F)cc2)n1. The predicted molar refractivity (Wildman–Crippen MR) is 93.4 cm³/mol. The second kappa shape index (κ2) is 7.34.